The molecule has 1 aromatic carbocycles. The molecular formula is C16H24N2O2S. The second-order valence-corrected chi connectivity index (χ2v) is 6.30. The number of thioether (sulfide) groups is 1. The predicted octanol–water partition coefficient (Wildman–Crippen LogP) is 3.39. The average molecular weight is 308 g/mol. The van der Waals surface area contributed by atoms with E-state index in [0.717, 1.165) is 43.1 Å². The number of aromatic carboxylic acids is 1. The molecule has 0 bridgehead atoms. The molecule has 1 heterocycles. The largest absolute Gasteiger partial charge is 0.478 e. The van der Waals surface area contributed by atoms with Crippen LogP contribution in [0, 0.1) is 0 Å². The maximum absolute atomic E-state index is 11.5. The average Bonchev–Trinajstić information content (AvgIpc) is 2.49. The van der Waals surface area contributed by atoms with E-state index in [4.69, 9.17) is 0 Å². The molecule has 0 unspecified atom stereocenters. The number of carboxylic acids is 1. The minimum atomic E-state index is -0.856. The molecule has 21 heavy (non-hydrogen) atoms. The number of carboxylic acid groups (broad SMARTS) is 1. The van der Waals surface area contributed by atoms with Crippen molar-refractivity contribution in [3.8, 4) is 0 Å². The maximum Gasteiger partial charge on any atom is 0.338 e. The van der Waals surface area contributed by atoms with Gasteiger partial charge in [0.2, 0.25) is 0 Å². The SMILES string of the molecule is CCCN1CCC(Nc2cccc(SC)c2C(=O)O)CC1. The highest BCUT2D eigenvalue weighted by Gasteiger charge is 2.21. The summed E-state index contributed by atoms with van der Waals surface area (Å²) in [5, 5.41) is 12.9. The first kappa shape index (κ1) is 16.2. The van der Waals surface area contributed by atoms with Gasteiger partial charge in [-0.15, -0.1) is 11.8 Å². The molecule has 2 N–H and O–H groups in total. The molecule has 1 aliphatic rings. The van der Waals surface area contributed by atoms with Crippen molar-refractivity contribution >= 4 is 23.4 Å². The summed E-state index contributed by atoms with van der Waals surface area (Å²) in [4.78, 5) is 14.8. The topological polar surface area (TPSA) is 52.6 Å². The van der Waals surface area contributed by atoms with Gasteiger partial charge in [-0.2, -0.15) is 0 Å². The fraction of sp³-hybridized carbons (Fsp3) is 0.562. The number of piperidine rings is 1. The van der Waals surface area contributed by atoms with E-state index in [2.05, 4.69) is 17.1 Å². The zero-order valence-electron chi connectivity index (χ0n) is 12.8. The molecule has 1 aromatic rings. The Labute approximate surface area is 130 Å². The molecule has 0 atom stereocenters. The lowest BCUT2D eigenvalue weighted by atomic mass is 10.0. The first-order chi connectivity index (χ1) is 10.2. The van der Waals surface area contributed by atoms with Gasteiger partial charge in [-0.05, 0) is 44.2 Å². The minimum Gasteiger partial charge on any atom is -0.478 e. The second kappa shape index (κ2) is 7.71. The Morgan fingerprint density at radius 1 is 1.43 bits per heavy atom. The van der Waals surface area contributed by atoms with Crippen LogP contribution in [-0.2, 0) is 0 Å². The zero-order valence-corrected chi connectivity index (χ0v) is 13.6. The second-order valence-electron chi connectivity index (χ2n) is 5.45. The van der Waals surface area contributed by atoms with Crippen LogP contribution < -0.4 is 5.32 Å². The Hall–Kier alpha value is -1.20. The number of rotatable bonds is 6. The molecule has 0 saturated carbocycles. The van der Waals surface area contributed by atoms with Gasteiger partial charge in [0.05, 0.1) is 11.3 Å². The molecule has 2 rings (SSSR count). The summed E-state index contributed by atoms with van der Waals surface area (Å²) in [6.07, 6.45) is 5.25. The standard InChI is InChI=1S/C16H24N2O2S/c1-3-9-18-10-7-12(8-11-18)17-13-5-4-6-14(21-2)15(13)16(19)20/h4-6,12,17H,3,7-11H2,1-2H3,(H,19,20). The summed E-state index contributed by atoms with van der Waals surface area (Å²) in [7, 11) is 0. The van der Waals surface area contributed by atoms with Gasteiger partial charge in [-0.25, -0.2) is 4.79 Å². The van der Waals surface area contributed by atoms with Crippen molar-refractivity contribution in [3.63, 3.8) is 0 Å². The molecule has 1 fully saturated rings. The van der Waals surface area contributed by atoms with Crippen LogP contribution >= 0.6 is 11.8 Å². The number of likely N-dealkylation sites (tertiary alicyclic amines) is 1. The Morgan fingerprint density at radius 2 is 2.14 bits per heavy atom. The number of anilines is 1. The van der Waals surface area contributed by atoms with Crippen molar-refractivity contribution in [1.29, 1.82) is 0 Å². The van der Waals surface area contributed by atoms with E-state index in [0.29, 0.717) is 11.6 Å². The van der Waals surface area contributed by atoms with Crippen molar-refractivity contribution < 1.29 is 9.90 Å². The Balaban J connectivity index is 2.05. The summed E-state index contributed by atoms with van der Waals surface area (Å²) in [5.41, 5.74) is 1.16. The highest BCUT2D eigenvalue weighted by Crippen LogP contribution is 2.28. The van der Waals surface area contributed by atoms with Crippen LogP contribution in [0.4, 0.5) is 5.69 Å². The fourth-order valence-electron chi connectivity index (χ4n) is 2.88. The van der Waals surface area contributed by atoms with E-state index in [-0.39, 0.29) is 0 Å². The lowest BCUT2D eigenvalue weighted by Crippen LogP contribution is -2.39. The molecule has 116 valence electrons. The van der Waals surface area contributed by atoms with Crippen LogP contribution in [0.3, 0.4) is 0 Å². The van der Waals surface area contributed by atoms with Gasteiger partial charge < -0.3 is 15.3 Å². The van der Waals surface area contributed by atoms with Crippen LogP contribution in [-0.4, -0.2) is 47.9 Å². The molecule has 0 spiro atoms. The fourth-order valence-corrected chi connectivity index (χ4v) is 3.50. The molecule has 0 radical (unpaired) electrons. The van der Waals surface area contributed by atoms with Gasteiger partial charge in [0.25, 0.3) is 0 Å². The lowest BCUT2D eigenvalue weighted by Gasteiger charge is -2.33. The molecule has 1 aliphatic heterocycles. The van der Waals surface area contributed by atoms with Crippen LogP contribution in [0.1, 0.15) is 36.5 Å². The number of carbonyl (C=O) groups is 1. The number of hydrogen-bond donors (Lipinski definition) is 2. The number of nitrogens with zero attached hydrogens (tertiary/aromatic N) is 1. The summed E-state index contributed by atoms with van der Waals surface area (Å²) >= 11 is 1.48. The molecule has 0 amide bonds. The summed E-state index contributed by atoms with van der Waals surface area (Å²) in [6.45, 7) is 5.55. The van der Waals surface area contributed by atoms with Crippen LogP contribution in [0.2, 0.25) is 0 Å². The molecule has 4 nitrogen and oxygen atoms in total. The lowest BCUT2D eigenvalue weighted by molar-refractivity contribution is 0.0694. The zero-order chi connectivity index (χ0) is 15.2. The third-order valence-electron chi connectivity index (χ3n) is 3.95. The van der Waals surface area contributed by atoms with Gasteiger partial charge in [-0.3, -0.25) is 0 Å². The Bertz CT molecular complexity index is 485. The molecule has 1 saturated heterocycles. The van der Waals surface area contributed by atoms with Crippen LogP contribution in [0.5, 0.6) is 0 Å². The Morgan fingerprint density at radius 3 is 2.71 bits per heavy atom. The normalized spacial score (nSPS) is 16.9. The van der Waals surface area contributed by atoms with E-state index >= 15 is 0 Å². The van der Waals surface area contributed by atoms with Gasteiger partial charge in [0, 0.05) is 24.0 Å². The van der Waals surface area contributed by atoms with E-state index in [1.165, 1.54) is 18.2 Å². The summed E-state index contributed by atoms with van der Waals surface area (Å²) < 4.78 is 0. The number of nitrogens with one attached hydrogen (secondary N) is 1. The number of hydrogen-bond acceptors (Lipinski definition) is 4. The van der Waals surface area contributed by atoms with Gasteiger partial charge in [-0.1, -0.05) is 13.0 Å². The summed E-state index contributed by atoms with van der Waals surface area (Å²) in [6, 6.07) is 6.03. The van der Waals surface area contributed by atoms with Gasteiger partial charge in [0.1, 0.15) is 0 Å². The highest BCUT2D eigenvalue weighted by molar-refractivity contribution is 7.98. The Kier molecular flexibility index (Phi) is 5.94. The molecule has 0 aromatic heterocycles. The molecular weight excluding hydrogens is 284 g/mol. The first-order valence-corrected chi connectivity index (χ1v) is 8.77. The van der Waals surface area contributed by atoms with Gasteiger partial charge >= 0.3 is 5.97 Å². The minimum absolute atomic E-state index is 0.369. The first-order valence-electron chi connectivity index (χ1n) is 7.55. The van der Waals surface area contributed by atoms with Crippen LogP contribution in [0.15, 0.2) is 23.1 Å². The van der Waals surface area contributed by atoms with E-state index in [1.54, 1.807) is 0 Å². The van der Waals surface area contributed by atoms with Crippen LogP contribution in [0.25, 0.3) is 0 Å². The van der Waals surface area contributed by atoms with Crippen molar-refractivity contribution in [1.82, 2.24) is 4.90 Å². The monoisotopic (exact) mass is 308 g/mol. The predicted molar refractivity (Wildman–Crippen MR) is 88.6 cm³/mol. The van der Waals surface area contributed by atoms with Crippen molar-refractivity contribution in [2.75, 3.05) is 31.2 Å². The third-order valence-corrected chi connectivity index (χ3v) is 4.73. The van der Waals surface area contributed by atoms with Crippen molar-refractivity contribution in [2.45, 2.75) is 37.1 Å². The van der Waals surface area contributed by atoms with E-state index in [1.807, 2.05) is 24.5 Å². The highest BCUT2D eigenvalue weighted by atomic mass is 32.2. The summed E-state index contributed by atoms with van der Waals surface area (Å²) in [5.74, 6) is -0.856. The maximum atomic E-state index is 11.5. The van der Waals surface area contributed by atoms with E-state index in [9.17, 15) is 9.90 Å². The number of benzene rings is 1. The molecule has 0 aliphatic carbocycles. The third kappa shape index (κ3) is 4.14. The van der Waals surface area contributed by atoms with Crippen molar-refractivity contribution in [3.05, 3.63) is 23.8 Å². The smallest absolute Gasteiger partial charge is 0.338 e. The van der Waals surface area contributed by atoms with E-state index < -0.39 is 5.97 Å². The van der Waals surface area contributed by atoms with Gasteiger partial charge in [0.15, 0.2) is 0 Å². The molecule has 5 heteroatoms. The van der Waals surface area contributed by atoms with Crippen molar-refractivity contribution in [2.24, 2.45) is 0 Å². The quantitative estimate of drug-likeness (QED) is 0.789.